The Morgan fingerprint density at radius 1 is 1.50 bits per heavy atom. The molecule has 0 saturated heterocycles. The number of ether oxygens (including phenoxy) is 1. The molecule has 0 aliphatic carbocycles. The molecule has 0 fully saturated rings. The van der Waals surface area contributed by atoms with Gasteiger partial charge in [-0.1, -0.05) is 13.8 Å². The topological polar surface area (TPSA) is 47.4 Å². The largest absolute Gasteiger partial charge is 0.464 e. The molecule has 0 unspecified atom stereocenters. The van der Waals surface area contributed by atoms with Crippen LogP contribution in [-0.4, -0.2) is 40.8 Å². The van der Waals surface area contributed by atoms with E-state index in [2.05, 4.69) is 28.6 Å². The van der Waals surface area contributed by atoms with Crippen molar-refractivity contribution in [2.45, 2.75) is 20.4 Å². The predicted molar refractivity (Wildman–Crippen MR) is 61.2 cm³/mol. The molecule has 0 spiro atoms. The van der Waals surface area contributed by atoms with Gasteiger partial charge in [-0.05, 0) is 19.2 Å². The fraction of sp³-hybridized carbons (Fsp3) is 0.636. The van der Waals surface area contributed by atoms with E-state index in [0.29, 0.717) is 5.69 Å². The summed E-state index contributed by atoms with van der Waals surface area (Å²) in [4.78, 5) is 13.6. The normalized spacial score (nSPS) is 10.8. The zero-order valence-electron chi connectivity index (χ0n) is 10.4. The maximum atomic E-state index is 11.3. The van der Waals surface area contributed by atoms with Crippen LogP contribution in [-0.2, 0) is 18.3 Å². The Kier molecular flexibility index (Phi) is 4.49. The van der Waals surface area contributed by atoms with Gasteiger partial charge in [0.25, 0.3) is 0 Å². The van der Waals surface area contributed by atoms with Crippen molar-refractivity contribution in [1.29, 1.82) is 0 Å². The molecule has 1 heterocycles. The van der Waals surface area contributed by atoms with Crippen LogP contribution in [0.25, 0.3) is 0 Å². The average molecular weight is 225 g/mol. The van der Waals surface area contributed by atoms with Crippen LogP contribution in [0.1, 0.15) is 30.0 Å². The lowest BCUT2D eigenvalue weighted by Gasteiger charge is -2.17. The van der Waals surface area contributed by atoms with E-state index in [-0.39, 0.29) is 5.97 Å². The van der Waals surface area contributed by atoms with Crippen LogP contribution in [0.3, 0.4) is 0 Å². The SMILES string of the molecule is CCN(CC)Cc1cc(C(=O)OC)nn1C. The van der Waals surface area contributed by atoms with Gasteiger partial charge in [0.2, 0.25) is 0 Å². The second-order valence-electron chi connectivity index (χ2n) is 3.60. The molecule has 0 atom stereocenters. The summed E-state index contributed by atoms with van der Waals surface area (Å²) in [7, 11) is 3.20. The number of hydrogen-bond acceptors (Lipinski definition) is 4. The smallest absolute Gasteiger partial charge is 0.358 e. The Labute approximate surface area is 96.0 Å². The summed E-state index contributed by atoms with van der Waals surface area (Å²) in [6.45, 7) is 6.99. The van der Waals surface area contributed by atoms with Gasteiger partial charge in [-0.15, -0.1) is 0 Å². The molecule has 0 N–H and O–H groups in total. The van der Waals surface area contributed by atoms with E-state index >= 15 is 0 Å². The van der Waals surface area contributed by atoms with Gasteiger partial charge in [-0.3, -0.25) is 9.58 Å². The Morgan fingerprint density at radius 2 is 2.12 bits per heavy atom. The minimum Gasteiger partial charge on any atom is -0.464 e. The quantitative estimate of drug-likeness (QED) is 0.703. The van der Waals surface area contributed by atoms with E-state index in [4.69, 9.17) is 0 Å². The van der Waals surface area contributed by atoms with Gasteiger partial charge >= 0.3 is 5.97 Å². The fourth-order valence-corrected chi connectivity index (χ4v) is 1.53. The highest BCUT2D eigenvalue weighted by Crippen LogP contribution is 2.07. The molecule has 1 aromatic rings. The van der Waals surface area contributed by atoms with Crippen molar-refractivity contribution in [3.8, 4) is 0 Å². The molecule has 0 bridgehead atoms. The number of esters is 1. The molecule has 16 heavy (non-hydrogen) atoms. The summed E-state index contributed by atoms with van der Waals surface area (Å²) in [5, 5.41) is 4.12. The minimum atomic E-state index is -0.388. The maximum Gasteiger partial charge on any atom is 0.358 e. The van der Waals surface area contributed by atoms with Crippen LogP contribution in [0.5, 0.6) is 0 Å². The third-order valence-electron chi connectivity index (χ3n) is 2.65. The maximum absolute atomic E-state index is 11.3. The Balaban J connectivity index is 2.81. The van der Waals surface area contributed by atoms with E-state index in [1.807, 2.05) is 7.05 Å². The molecule has 0 saturated carbocycles. The molecule has 1 rings (SSSR count). The number of carbonyl (C=O) groups excluding carboxylic acids is 1. The highest BCUT2D eigenvalue weighted by molar-refractivity contribution is 5.87. The van der Waals surface area contributed by atoms with Gasteiger partial charge < -0.3 is 4.74 Å². The first-order valence-corrected chi connectivity index (χ1v) is 5.45. The first kappa shape index (κ1) is 12.7. The van der Waals surface area contributed by atoms with Crippen LogP contribution in [0, 0.1) is 0 Å². The molecular weight excluding hydrogens is 206 g/mol. The summed E-state index contributed by atoms with van der Waals surface area (Å²) >= 11 is 0. The van der Waals surface area contributed by atoms with Crippen LogP contribution in [0.2, 0.25) is 0 Å². The number of rotatable bonds is 5. The summed E-state index contributed by atoms with van der Waals surface area (Å²) < 4.78 is 6.36. The van der Waals surface area contributed by atoms with Crippen LogP contribution in [0.15, 0.2) is 6.07 Å². The molecule has 1 aromatic heterocycles. The lowest BCUT2D eigenvalue weighted by atomic mass is 10.3. The van der Waals surface area contributed by atoms with Crippen molar-refractivity contribution in [3.05, 3.63) is 17.5 Å². The second kappa shape index (κ2) is 5.65. The van der Waals surface area contributed by atoms with Gasteiger partial charge in [-0.25, -0.2) is 4.79 Å². The zero-order chi connectivity index (χ0) is 12.1. The monoisotopic (exact) mass is 225 g/mol. The zero-order valence-corrected chi connectivity index (χ0v) is 10.4. The Bertz CT molecular complexity index is 356. The molecule has 0 aliphatic rings. The summed E-state index contributed by atoms with van der Waals surface area (Å²) in [6, 6.07) is 1.78. The van der Waals surface area contributed by atoms with E-state index in [9.17, 15) is 4.79 Å². The van der Waals surface area contributed by atoms with Crippen molar-refractivity contribution in [2.24, 2.45) is 7.05 Å². The Hall–Kier alpha value is -1.36. The van der Waals surface area contributed by atoms with Crippen molar-refractivity contribution < 1.29 is 9.53 Å². The van der Waals surface area contributed by atoms with Crippen molar-refractivity contribution >= 4 is 5.97 Å². The van der Waals surface area contributed by atoms with Crippen LogP contribution in [0.4, 0.5) is 0 Å². The van der Waals surface area contributed by atoms with Gasteiger partial charge in [0.15, 0.2) is 5.69 Å². The van der Waals surface area contributed by atoms with Crippen LogP contribution < -0.4 is 0 Å². The molecule has 0 radical (unpaired) electrons. The summed E-state index contributed by atoms with van der Waals surface area (Å²) in [5.74, 6) is -0.388. The van der Waals surface area contributed by atoms with E-state index in [1.165, 1.54) is 7.11 Å². The number of aromatic nitrogens is 2. The first-order chi connectivity index (χ1) is 7.62. The Morgan fingerprint density at radius 3 is 2.62 bits per heavy atom. The fourth-order valence-electron chi connectivity index (χ4n) is 1.53. The number of aryl methyl sites for hydroxylation is 1. The lowest BCUT2D eigenvalue weighted by Crippen LogP contribution is -2.23. The molecule has 0 amide bonds. The predicted octanol–water partition coefficient (Wildman–Crippen LogP) is 1.05. The van der Waals surface area contributed by atoms with Crippen molar-refractivity contribution in [2.75, 3.05) is 20.2 Å². The van der Waals surface area contributed by atoms with Gasteiger partial charge in [0.05, 0.1) is 12.8 Å². The summed E-state index contributed by atoms with van der Waals surface area (Å²) in [5.41, 5.74) is 1.39. The number of carbonyl (C=O) groups is 1. The molecule has 5 heteroatoms. The average Bonchev–Trinajstić information content (AvgIpc) is 2.66. The standard InChI is InChI=1S/C11H19N3O2/c1-5-14(6-2)8-9-7-10(11(15)16-4)12-13(9)3/h7H,5-6,8H2,1-4H3. The molecule has 5 nitrogen and oxygen atoms in total. The lowest BCUT2D eigenvalue weighted by molar-refractivity contribution is 0.0593. The highest BCUT2D eigenvalue weighted by atomic mass is 16.5. The number of methoxy groups -OCH3 is 1. The first-order valence-electron chi connectivity index (χ1n) is 5.45. The molecular formula is C11H19N3O2. The van der Waals surface area contributed by atoms with Crippen molar-refractivity contribution in [3.63, 3.8) is 0 Å². The second-order valence-corrected chi connectivity index (χ2v) is 3.60. The van der Waals surface area contributed by atoms with Gasteiger partial charge in [0, 0.05) is 13.6 Å². The van der Waals surface area contributed by atoms with Gasteiger partial charge in [0.1, 0.15) is 0 Å². The number of nitrogens with zero attached hydrogens (tertiary/aromatic N) is 3. The van der Waals surface area contributed by atoms with Crippen LogP contribution >= 0.6 is 0 Å². The summed E-state index contributed by atoms with van der Waals surface area (Å²) in [6.07, 6.45) is 0. The number of hydrogen-bond donors (Lipinski definition) is 0. The van der Waals surface area contributed by atoms with E-state index in [1.54, 1.807) is 10.7 Å². The minimum absolute atomic E-state index is 0.368. The van der Waals surface area contributed by atoms with E-state index < -0.39 is 0 Å². The third kappa shape index (κ3) is 2.82. The molecule has 0 aromatic carbocycles. The molecule has 0 aliphatic heterocycles. The van der Waals surface area contributed by atoms with E-state index in [0.717, 1.165) is 25.3 Å². The van der Waals surface area contributed by atoms with Crippen molar-refractivity contribution in [1.82, 2.24) is 14.7 Å². The van der Waals surface area contributed by atoms with Gasteiger partial charge in [-0.2, -0.15) is 5.10 Å². The molecule has 90 valence electrons. The highest BCUT2D eigenvalue weighted by Gasteiger charge is 2.13. The third-order valence-corrected chi connectivity index (χ3v) is 2.65.